The fourth-order valence-corrected chi connectivity index (χ4v) is 3.13. The largest absolute Gasteiger partial charge is 0.396 e. The Morgan fingerprint density at radius 3 is 2.83 bits per heavy atom. The van der Waals surface area contributed by atoms with Gasteiger partial charge >= 0.3 is 6.03 Å². The normalized spacial score (nSPS) is 18.2. The molecule has 1 saturated heterocycles. The van der Waals surface area contributed by atoms with Crippen LogP contribution in [0.25, 0.3) is 0 Å². The van der Waals surface area contributed by atoms with Gasteiger partial charge in [0.2, 0.25) is 5.91 Å². The number of likely N-dealkylation sites (tertiary alicyclic amines) is 1. The average molecular weight is 333 g/mol. The number of hydrogen-bond acceptors (Lipinski definition) is 4. The molecule has 3 N–H and O–H groups in total. The highest BCUT2D eigenvalue weighted by molar-refractivity contribution is 6.02. The van der Waals surface area contributed by atoms with Crippen molar-refractivity contribution < 1.29 is 14.7 Å². The molecule has 6 heteroatoms. The van der Waals surface area contributed by atoms with Gasteiger partial charge in [0.1, 0.15) is 0 Å². The minimum atomic E-state index is -0.510. The summed E-state index contributed by atoms with van der Waals surface area (Å²) in [6.45, 7) is 5.04. The van der Waals surface area contributed by atoms with Crippen molar-refractivity contribution in [3.05, 3.63) is 29.3 Å². The van der Waals surface area contributed by atoms with Gasteiger partial charge in [0.25, 0.3) is 0 Å². The molecule has 1 fully saturated rings. The summed E-state index contributed by atoms with van der Waals surface area (Å²) >= 11 is 0. The van der Waals surface area contributed by atoms with E-state index in [9.17, 15) is 9.59 Å². The zero-order valence-corrected chi connectivity index (χ0v) is 14.5. The number of aryl methyl sites for hydroxylation is 1. The Morgan fingerprint density at radius 2 is 2.08 bits per heavy atom. The van der Waals surface area contributed by atoms with Crippen molar-refractivity contribution in [1.29, 1.82) is 0 Å². The molecule has 1 heterocycles. The highest BCUT2D eigenvalue weighted by atomic mass is 16.3. The van der Waals surface area contributed by atoms with Gasteiger partial charge in [-0.2, -0.15) is 0 Å². The molecule has 0 bridgehead atoms. The van der Waals surface area contributed by atoms with E-state index >= 15 is 0 Å². The van der Waals surface area contributed by atoms with Crippen molar-refractivity contribution >= 4 is 17.6 Å². The predicted molar refractivity (Wildman–Crippen MR) is 94.0 cm³/mol. The maximum Gasteiger partial charge on any atom is 0.325 e. The van der Waals surface area contributed by atoms with E-state index in [1.807, 2.05) is 32.0 Å². The van der Waals surface area contributed by atoms with E-state index in [4.69, 9.17) is 5.11 Å². The topological polar surface area (TPSA) is 81.7 Å². The van der Waals surface area contributed by atoms with Crippen molar-refractivity contribution in [1.82, 2.24) is 10.2 Å². The van der Waals surface area contributed by atoms with Crippen LogP contribution in [0.4, 0.5) is 10.5 Å². The van der Waals surface area contributed by atoms with Gasteiger partial charge in [0, 0.05) is 18.3 Å². The summed E-state index contributed by atoms with van der Waals surface area (Å²) in [4.78, 5) is 26.2. The molecule has 6 nitrogen and oxygen atoms in total. The van der Waals surface area contributed by atoms with Crippen LogP contribution in [0.15, 0.2) is 18.2 Å². The van der Waals surface area contributed by atoms with Crippen LogP contribution >= 0.6 is 0 Å². The summed E-state index contributed by atoms with van der Waals surface area (Å²) in [6.07, 6.45) is 3.82. The summed E-state index contributed by atoms with van der Waals surface area (Å²) in [5.74, 6) is -0.317. The second-order valence-electron chi connectivity index (χ2n) is 6.38. The van der Waals surface area contributed by atoms with Gasteiger partial charge in [-0.1, -0.05) is 18.6 Å². The number of rotatable bonds is 5. The van der Waals surface area contributed by atoms with E-state index in [-0.39, 0.29) is 25.1 Å². The standard InChI is InChI=1S/C18H27N3O3/c1-13-6-5-8-16(14(13)2)19-18(24)20-17(23)12-21-10-4-3-7-15(21)9-11-22/h5-6,8,15,22H,3-4,7,9-12H2,1-2H3,(H2,19,20,23,24). The van der Waals surface area contributed by atoms with Gasteiger partial charge < -0.3 is 10.4 Å². The zero-order valence-electron chi connectivity index (χ0n) is 14.5. The third kappa shape index (κ3) is 5.04. The maximum atomic E-state index is 12.1. The third-order valence-corrected chi connectivity index (χ3v) is 4.66. The lowest BCUT2D eigenvalue weighted by Gasteiger charge is -2.34. The molecular formula is C18H27N3O3. The second-order valence-corrected chi connectivity index (χ2v) is 6.38. The fraction of sp³-hybridized carbons (Fsp3) is 0.556. The molecule has 1 aromatic carbocycles. The highest BCUT2D eigenvalue weighted by Crippen LogP contribution is 2.19. The van der Waals surface area contributed by atoms with Gasteiger partial charge in [-0.05, 0) is 56.8 Å². The fourth-order valence-electron chi connectivity index (χ4n) is 3.13. The third-order valence-electron chi connectivity index (χ3n) is 4.66. The molecule has 1 aliphatic rings. The number of aliphatic hydroxyl groups excluding tert-OH is 1. The van der Waals surface area contributed by atoms with E-state index in [2.05, 4.69) is 15.5 Å². The van der Waals surface area contributed by atoms with Crippen molar-refractivity contribution in [2.75, 3.05) is 25.0 Å². The number of aliphatic hydroxyl groups is 1. The summed E-state index contributed by atoms with van der Waals surface area (Å²) in [7, 11) is 0. The minimum absolute atomic E-state index is 0.121. The number of anilines is 1. The van der Waals surface area contributed by atoms with Crippen LogP contribution in [0, 0.1) is 13.8 Å². The van der Waals surface area contributed by atoms with E-state index in [0.717, 1.165) is 36.9 Å². The predicted octanol–water partition coefficient (Wildman–Crippen LogP) is 2.19. The zero-order chi connectivity index (χ0) is 17.5. The van der Waals surface area contributed by atoms with Crippen LogP contribution in [0.3, 0.4) is 0 Å². The smallest absolute Gasteiger partial charge is 0.325 e. The number of piperidine rings is 1. The van der Waals surface area contributed by atoms with Crippen LogP contribution in [-0.2, 0) is 4.79 Å². The number of carbonyl (C=O) groups excluding carboxylic acids is 2. The average Bonchev–Trinajstić information content (AvgIpc) is 2.54. The molecule has 0 aliphatic carbocycles. The second kappa shape index (κ2) is 8.80. The molecule has 1 aliphatic heterocycles. The Balaban J connectivity index is 1.87. The van der Waals surface area contributed by atoms with Crippen molar-refractivity contribution in [2.45, 2.75) is 45.6 Å². The minimum Gasteiger partial charge on any atom is -0.396 e. The molecule has 1 atom stereocenters. The van der Waals surface area contributed by atoms with E-state index in [0.29, 0.717) is 12.1 Å². The molecule has 3 amide bonds. The number of urea groups is 1. The van der Waals surface area contributed by atoms with Gasteiger partial charge in [-0.25, -0.2) is 4.79 Å². The van der Waals surface area contributed by atoms with Crippen molar-refractivity contribution in [3.63, 3.8) is 0 Å². The molecule has 0 radical (unpaired) electrons. The van der Waals surface area contributed by atoms with Crippen LogP contribution in [0.2, 0.25) is 0 Å². The maximum absolute atomic E-state index is 12.1. The Kier molecular flexibility index (Phi) is 6.75. The van der Waals surface area contributed by atoms with Crippen molar-refractivity contribution in [2.24, 2.45) is 0 Å². The first-order chi connectivity index (χ1) is 11.5. The van der Waals surface area contributed by atoms with Crippen LogP contribution in [-0.4, -0.2) is 47.7 Å². The molecule has 2 rings (SSSR count). The summed E-state index contributed by atoms with van der Waals surface area (Å²) < 4.78 is 0. The van der Waals surface area contributed by atoms with Gasteiger partial charge in [0.05, 0.1) is 6.54 Å². The lowest BCUT2D eigenvalue weighted by atomic mass is 10.00. The molecule has 0 spiro atoms. The first kappa shape index (κ1) is 18.4. The summed E-state index contributed by atoms with van der Waals surface area (Å²) in [5.41, 5.74) is 2.77. The molecule has 132 valence electrons. The van der Waals surface area contributed by atoms with Gasteiger partial charge in [-0.3, -0.25) is 15.0 Å². The lowest BCUT2D eigenvalue weighted by molar-refractivity contribution is -0.122. The summed E-state index contributed by atoms with van der Waals surface area (Å²) in [5, 5.41) is 14.3. The molecule has 1 aromatic rings. The Hall–Kier alpha value is -1.92. The van der Waals surface area contributed by atoms with Crippen LogP contribution in [0.5, 0.6) is 0 Å². The summed E-state index contributed by atoms with van der Waals surface area (Å²) in [6, 6.07) is 5.36. The Bertz CT molecular complexity index is 587. The quantitative estimate of drug-likeness (QED) is 0.771. The molecule has 24 heavy (non-hydrogen) atoms. The molecule has 0 aromatic heterocycles. The number of nitrogens with zero attached hydrogens (tertiary/aromatic N) is 1. The Labute approximate surface area is 143 Å². The van der Waals surface area contributed by atoms with Gasteiger partial charge in [0.15, 0.2) is 0 Å². The monoisotopic (exact) mass is 333 g/mol. The molecular weight excluding hydrogens is 306 g/mol. The van der Waals surface area contributed by atoms with Crippen LogP contribution in [0.1, 0.15) is 36.8 Å². The van der Waals surface area contributed by atoms with Gasteiger partial charge in [-0.15, -0.1) is 0 Å². The molecule has 0 saturated carbocycles. The number of amides is 3. The van der Waals surface area contributed by atoms with E-state index < -0.39 is 6.03 Å². The number of nitrogens with one attached hydrogen (secondary N) is 2. The number of imide groups is 1. The van der Waals surface area contributed by atoms with Crippen molar-refractivity contribution in [3.8, 4) is 0 Å². The van der Waals surface area contributed by atoms with E-state index in [1.165, 1.54) is 0 Å². The van der Waals surface area contributed by atoms with E-state index in [1.54, 1.807) is 0 Å². The lowest BCUT2D eigenvalue weighted by Crippen LogP contribution is -2.47. The first-order valence-corrected chi connectivity index (χ1v) is 8.53. The number of hydrogen-bond donors (Lipinski definition) is 3. The first-order valence-electron chi connectivity index (χ1n) is 8.53. The number of benzene rings is 1. The molecule has 1 unspecified atom stereocenters. The Morgan fingerprint density at radius 1 is 1.29 bits per heavy atom. The SMILES string of the molecule is Cc1cccc(NC(=O)NC(=O)CN2CCCCC2CCO)c1C. The number of carbonyl (C=O) groups is 2. The van der Waals surface area contributed by atoms with Crippen LogP contribution < -0.4 is 10.6 Å². The highest BCUT2D eigenvalue weighted by Gasteiger charge is 2.24.